The van der Waals surface area contributed by atoms with Crippen molar-refractivity contribution >= 4 is 27.0 Å². The predicted octanol–water partition coefficient (Wildman–Crippen LogP) is 0.985. The van der Waals surface area contributed by atoms with Crippen molar-refractivity contribution in [3.63, 3.8) is 0 Å². The van der Waals surface area contributed by atoms with Gasteiger partial charge in [-0.25, -0.2) is 8.42 Å². The van der Waals surface area contributed by atoms with Crippen molar-refractivity contribution in [2.45, 2.75) is 4.90 Å². The summed E-state index contributed by atoms with van der Waals surface area (Å²) in [5, 5.41) is 2.82. The van der Waals surface area contributed by atoms with Crippen molar-refractivity contribution in [2.75, 3.05) is 13.3 Å². The maximum Gasteiger partial charge on any atom is 0.175 e. The average Bonchev–Trinajstić information content (AvgIpc) is 2.15. The molecule has 0 unspecified atom stereocenters. The van der Waals surface area contributed by atoms with Crippen molar-refractivity contribution in [3.05, 3.63) is 29.8 Å². The van der Waals surface area contributed by atoms with Crippen LogP contribution in [0.2, 0.25) is 0 Å². The van der Waals surface area contributed by atoms with E-state index in [1.54, 1.807) is 31.3 Å². The van der Waals surface area contributed by atoms with Gasteiger partial charge in [-0.1, -0.05) is 24.4 Å². The lowest BCUT2D eigenvalue weighted by Crippen LogP contribution is -2.16. The second-order valence-electron chi connectivity index (χ2n) is 2.88. The Morgan fingerprint density at radius 2 is 1.79 bits per heavy atom. The zero-order valence-electron chi connectivity index (χ0n) is 7.94. The molecule has 0 saturated carbocycles. The lowest BCUT2D eigenvalue weighted by molar-refractivity contribution is 0.602. The molecule has 0 amide bonds. The molecule has 1 aromatic carbocycles. The molecular weight excluding hydrogens is 218 g/mol. The number of sulfone groups is 1. The minimum absolute atomic E-state index is 0.306. The molecule has 0 aliphatic rings. The van der Waals surface area contributed by atoms with Gasteiger partial charge in [-0.3, -0.25) is 0 Å². The van der Waals surface area contributed by atoms with Crippen LogP contribution in [0.3, 0.4) is 0 Å². The maximum atomic E-state index is 11.1. The average molecular weight is 229 g/mol. The Hall–Kier alpha value is -0.940. The van der Waals surface area contributed by atoms with Crippen LogP contribution in [-0.2, 0) is 9.84 Å². The largest absolute Gasteiger partial charge is 0.379 e. The molecule has 0 bridgehead atoms. The van der Waals surface area contributed by atoms with E-state index in [-0.39, 0.29) is 0 Å². The molecule has 0 heterocycles. The van der Waals surface area contributed by atoms with Gasteiger partial charge in [0, 0.05) is 18.9 Å². The Bertz CT molecular complexity index is 434. The Morgan fingerprint density at radius 1 is 1.29 bits per heavy atom. The third-order valence-electron chi connectivity index (χ3n) is 1.77. The summed E-state index contributed by atoms with van der Waals surface area (Å²) in [6.45, 7) is 0. The van der Waals surface area contributed by atoms with Crippen LogP contribution in [0.15, 0.2) is 29.2 Å². The Kier molecular flexibility index (Phi) is 3.23. The highest BCUT2D eigenvalue weighted by Gasteiger charge is 2.06. The first-order valence-electron chi connectivity index (χ1n) is 3.97. The number of benzene rings is 1. The van der Waals surface area contributed by atoms with E-state index >= 15 is 0 Å². The molecule has 0 radical (unpaired) electrons. The zero-order chi connectivity index (χ0) is 10.8. The molecule has 1 aromatic rings. The summed E-state index contributed by atoms with van der Waals surface area (Å²) in [6.07, 6.45) is 1.18. The van der Waals surface area contributed by atoms with E-state index in [1.165, 1.54) is 6.26 Å². The minimum Gasteiger partial charge on any atom is -0.379 e. The molecule has 0 aliphatic carbocycles. The van der Waals surface area contributed by atoms with Crippen LogP contribution in [0, 0.1) is 0 Å². The van der Waals surface area contributed by atoms with Crippen molar-refractivity contribution in [2.24, 2.45) is 0 Å². The second kappa shape index (κ2) is 4.06. The number of nitrogens with one attached hydrogen (secondary N) is 1. The van der Waals surface area contributed by atoms with Crippen LogP contribution in [-0.4, -0.2) is 26.7 Å². The van der Waals surface area contributed by atoms with Crippen molar-refractivity contribution in [3.8, 4) is 0 Å². The molecule has 0 aliphatic heterocycles. The van der Waals surface area contributed by atoms with Crippen LogP contribution in [0.1, 0.15) is 5.56 Å². The van der Waals surface area contributed by atoms with Crippen molar-refractivity contribution in [1.82, 2.24) is 5.32 Å². The molecular formula is C9H11NO2S2. The first-order chi connectivity index (χ1) is 6.45. The fraction of sp³-hybridized carbons (Fsp3) is 0.222. The highest BCUT2D eigenvalue weighted by Crippen LogP contribution is 2.10. The Balaban J connectivity index is 3.07. The maximum absolute atomic E-state index is 11.1. The quantitative estimate of drug-likeness (QED) is 0.768. The van der Waals surface area contributed by atoms with Gasteiger partial charge in [0.25, 0.3) is 0 Å². The predicted molar refractivity (Wildman–Crippen MR) is 60.3 cm³/mol. The van der Waals surface area contributed by atoms with Crippen LogP contribution in [0.25, 0.3) is 0 Å². The first-order valence-corrected chi connectivity index (χ1v) is 6.27. The van der Waals surface area contributed by atoms with Gasteiger partial charge in [0.05, 0.1) is 4.90 Å². The zero-order valence-corrected chi connectivity index (χ0v) is 9.58. The molecule has 76 valence electrons. The summed E-state index contributed by atoms with van der Waals surface area (Å²) in [6, 6.07) is 6.48. The summed E-state index contributed by atoms with van der Waals surface area (Å²) in [7, 11) is -1.39. The van der Waals surface area contributed by atoms with Crippen molar-refractivity contribution in [1.29, 1.82) is 0 Å². The van der Waals surface area contributed by atoms with Gasteiger partial charge in [-0.15, -0.1) is 0 Å². The van der Waals surface area contributed by atoms with Crippen LogP contribution >= 0.6 is 12.2 Å². The van der Waals surface area contributed by atoms with Crippen LogP contribution < -0.4 is 5.32 Å². The number of rotatable bonds is 2. The molecule has 0 saturated heterocycles. The van der Waals surface area contributed by atoms with Crippen molar-refractivity contribution < 1.29 is 8.42 Å². The van der Waals surface area contributed by atoms with Gasteiger partial charge >= 0.3 is 0 Å². The van der Waals surface area contributed by atoms with E-state index in [2.05, 4.69) is 5.32 Å². The highest BCUT2D eigenvalue weighted by molar-refractivity contribution is 7.90. The van der Waals surface area contributed by atoms with Crippen LogP contribution in [0.4, 0.5) is 0 Å². The van der Waals surface area contributed by atoms with Crippen LogP contribution in [0.5, 0.6) is 0 Å². The topological polar surface area (TPSA) is 46.2 Å². The molecule has 3 nitrogen and oxygen atoms in total. The normalized spacial score (nSPS) is 11.0. The lowest BCUT2D eigenvalue weighted by atomic mass is 10.2. The molecule has 0 atom stereocenters. The molecule has 0 spiro atoms. The highest BCUT2D eigenvalue weighted by atomic mass is 32.2. The smallest absolute Gasteiger partial charge is 0.175 e. The minimum atomic E-state index is -3.12. The Morgan fingerprint density at radius 3 is 2.14 bits per heavy atom. The summed E-state index contributed by atoms with van der Waals surface area (Å²) in [4.78, 5) is 0.908. The molecule has 1 rings (SSSR count). The molecule has 0 aromatic heterocycles. The van der Waals surface area contributed by atoms with Gasteiger partial charge in [0.15, 0.2) is 9.84 Å². The molecule has 5 heteroatoms. The van der Waals surface area contributed by atoms with E-state index < -0.39 is 9.84 Å². The fourth-order valence-corrected chi connectivity index (χ4v) is 1.76. The first kappa shape index (κ1) is 11.1. The summed E-state index contributed by atoms with van der Waals surface area (Å²) in [5.41, 5.74) is 0.815. The van der Waals surface area contributed by atoms with E-state index in [9.17, 15) is 8.42 Å². The van der Waals surface area contributed by atoms with E-state index in [1.807, 2.05) is 0 Å². The molecule has 0 fully saturated rings. The summed E-state index contributed by atoms with van der Waals surface area (Å²) < 4.78 is 22.3. The van der Waals surface area contributed by atoms with Gasteiger partial charge in [0.2, 0.25) is 0 Å². The molecule has 1 N–H and O–H groups in total. The van der Waals surface area contributed by atoms with E-state index in [4.69, 9.17) is 12.2 Å². The number of hydrogen-bond acceptors (Lipinski definition) is 3. The van der Waals surface area contributed by atoms with E-state index in [0.29, 0.717) is 9.88 Å². The second-order valence-corrected chi connectivity index (χ2v) is 5.30. The lowest BCUT2D eigenvalue weighted by Gasteiger charge is -2.03. The van der Waals surface area contributed by atoms with Gasteiger partial charge in [-0.05, 0) is 12.1 Å². The third kappa shape index (κ3) is 2.52. The fourth-order valence-electron chi connectivity index (χ4n) is 0.998. The SMILES string of the molecule is CNC(=S)c1ccc(S(C)(=O)=O)cc1. The van der Waals surface area contributed by atoms with Gasteiger partial charge in [0.1, 0.15) is 4.99 Å². The summed E-state index contributed by atoms with van der Waals surface area (Å²) >= 11 is 5.00. The van der Waals surface area contributed by atoms with Gasteiger partial charge < -0.3 is 5.32 Å². The molecule has 14 heavy (non-hydrogen) atoms. The monoisotopic (exact) mass is 229 g/mol. The number of hydrogen-bond donors (Lipinski definition) is 1. The van der Waals surface area contributed by atoms with Gasteiger partial charge in [-0.2, -0.15) is 0 Å². The number of thiocarbonyl (C=S) groups is 1. The standard InChI is InChI=1S/C9H11NO2S2/c1-10-9(13)7-3-5-8(6-4-7)14(2,11)12/h3-6H,1-2H3,(H,10,13). The summed E-state index contributed by atoms with van der Waals surface area (Å²) in [5.74, 6) is 0. The Labute approximate surface area is 89.1 Å². The third-order valence-corrected chi connectivity index (χ3v) is 3.34. The van der Waals surface area contributed by atoms with E-state index in [0.717, 1.165) is 5.56 Å².